The van der Waals surface area contributed by atoms with Crippen LogP contribution in [0.1, 0.15) is 5.69 Å². The van der Waals surface area contributed by atoms with E-state index < -0.39 is 9.84 Å². The average molecular weight is 305 g/mol. The Morgan fingerprint density at radius 3 is 2.62 bits per heavy atom. The molecule has 0 unspecified atom stereocenters. The predicted octanol–water partition coefficient (Wildman–Crippen LogP) is 1.07. The highest BCUT2D eigenvalue weighted by Gasteiger charge is 2.21. The van der Waals surface area contributed by atoms with Crippen molar-refractivity contribution in [2.45, 2.75) is 6.54 Å². The van der Waals surface area contributed by atoms with Crippen LogP contribution >= 0.6 is 15.9 Å². The lowest BCUT2D eigenvalue weighted by Gasteiger charge is -2.25. The Balaban J connectivity index is 1.97. The molecule has 6 heteroatoms. The predicted molar refractivity (Wildman–Crippen MR) is 65.9 cm³/mol. The fourth-order valence-electron chi connectivity index (χ4n) is 1.68. The quantitative estimate of drug-likeness (QED) is 0.767. The van der Waals surface area contributed by atoms with Gasteiger partial charge in [0.25, 0.3) is 0 Å². The molecule has 0 aromatic carbocycles. The van der Waals surface area contributed by atoms with Crippen LogP contribution in [0.5, 0.6) is 0 Å². The lowest BCUT2D eigenvalue weighted by atomic mass is 10.3. The SMILES string of the molecule is O=S1(=O)CCN(Cc2cccc(Br)n2)CC1. The summed E-state index contributed by atoms with van der Waals surface area (Å²) < 4.78 is 23.3. The van der Waals surface area contributed by atoms with Crippen LogP contribution < -0.4 is 0 Å². The van der Waals surface area contributed by atoms with Gasteiger partial charge in [0.05, 0.1) is 17.2 Å². The van der Waals surface area contributed by atoms with E-state index in [0.29, 0.717) is 13.1 Å². The Kier molecular flexibility index (Phi) is 3.61. The number of hydrogen-bond acceptors (Lipinski definition) is 4. The summed E-state index contributed by atoms with van der Waals surface area (Å²) in [6, 6.07) is 5.77. The van der Waals surface area contributed by atoms with Crippen molar-refractivity contribution in [3.8, 4) is 0 Å². The minimum Gasteiger partial charge on any atom is -0.295 e. The first-order valence-electron chi connectivity index (χ1n) is 5.09. The molecule has 0 atom stereocenters. The summed E-state index contributed by atoms with van der Waals surface area (Å²) in [6.45, 7) is 1.93. The van der Waals surface area contributed by atoms with Gasteiger partial charge in [0.2, 0.25) is 0 Å². The normalized spacial score (nSPS) is 20.8. The Labute approximate surface area is 104 Å². The molecule has 2 heterocycles. The second-order valence-electron chi connectivity index (χ2n) is 3.88. The van der Waals surface area contributed by atoms with Gasteiger partial charge in [-0.3, -0.25) is 4.90 Å². The van der Waals surface area contributed by atoms with Gasteiger partial charge in [0.1, 0.15) is 4.60 Å². The molecule has 1 aliphatic heterocycles. The van der Waals surface area contributed by atoms with E-state index >= 15 is 0 Å². The van der Waals surface area contributed by atoms with E-state index in [4.69, 9.17) is 0 Å². The van der Waals surface area contributed by atoms with Crippen LogP contribution in [0.4, 0.5) is 0 Å². The molecule has 1 saturated heterocycles. The molecular weight excluding hydrogens is 292 g/mol. The van der Waals surface area contributed by atoms with Gasteiger partial charge in [-0.1, -0.05) is 6.07 Å². The Hall–Kier alpha value is -0.460. The Bertz CT molecular complexity index is 461. The van der Waals surface area contributed by atoms with E-state index in [9.17, 15) is 8.42 Å². The molecule has 4 nitrogen and oxygen atoms in total. The van der Waals surface area contributed by atoms with Crippen LogP contribution in [0.25, 0.3) is 0 Å². The number of hydrogen-bond donors (Lipinski definition) is 0. The summed E-state index contributed by atoms with van der Waals surface area (Å²) in [6.07, 6.45) is 0. The van der Waals surface area contributed by atoms with Crippen LogP contribution in [0.2, 0.25) is 0 Å². The van der Waals surface area contributed by atoms with E-state index in [-0.39, 0.29) is 11.5 Å². The van der Waals surface area contributed by atoms with Gasteiger partial charge in [-0.2, -0.15) is 0 Å². The van der Waals surface area contributed by atoms with E-state index in [1.165, 1.54) is 0 Å². The second kappa shape index (κ2) is 4.81. The van der Waals surface area contributed by atoms with Gasteiger partial charge in [-0.15, -0.1) is 0 Å². The zero-order chi connectivity index (χ0) is 11.6. The zero-order valence-electron chi connectivity index (χ0n) is 8.76. The fraction of sp³-hybridized carbons (Fsp3) is 0.500. The smallest absolute Gasteiger partial charge is 0.152 e. The zero-order valence-corrected chi connectivity index (χ0v) is 11.2. The molecule has 0 saturated carbocycles. The van der Waals surface area contributed by atoms with Crippen molar-refractivity contribution in [2.24, 2.45) is 0 Å². The number of aromatic nitrogens is 1. The molecule has 1 aromatic heterocycles. The minimum atomic E-state index is -2.79. The Morgan fingerprint density at radius 1 is 1.31 bits per heavy atom. The maximum atomic E-state index is 11.3. The van der Waals surface area contributed by atoms with Crippen LogP contribution in [0.15, 0.2) is 22.8 Å². The molecular formula is C10H13BrN2O2S. The van der Waals surface area contributed by atoms with Crippen molar-refractivity contribution >= 4 is 25.8 Å². The summed E-state index contributed by atoms with van der Waals surface area (Å²) >= 11 is 3.32. The number of sulfone groups is 1. The van der Waals surface area contributed by atoms with Crippen molar-refractivity contribution < 1.29 is 8.42 Å². The van der Waals surface area contributed by atoms with Gasteiger partial charge in [-0.25, -0.2) is 13.4 Å². The minimum absolute atomic E-state index is 0.265. The first-order valence-corrected chi connectivity index (χ1v) is 7.71. The second-order valence-corrected chi connectivity index (χ2v) is 7.00. The molecule has 0 bridgehead atoms. The monoisotopic (exact) mass is 304 g/mol. The van der Waals surface area contributed by atoms with E-state index in [1.54, 1.807) is 0 Å². The summed E-state index contributed by atoms with van der Waals surface area (Å²) in [5.41, 5.74) is 0.966. The molecule has 1 aromatic rings. The summed E-state index contributed by atoms with van der Waals surface area (Å²) in [5, 5.41) is 0. The maximum absolute atomic E-state index is 11.3. The lowest BCUT2D eigenvalue weighted by Crippen LogP contribution is -2.39. The molecule has 0 aliphatic carbocycles. The van der Waals surface area contributed by atoms with Crippen molar-refractivity contribution in [3.63, 3.8) is 0 Å². The molecule has 0 N–H and O–H groups in total. The van der Waals surface area contributed by atoms with Crippen LogP contribution in [-0.2, 0) is 16.4 Å². The number of rotatable bonds is 2. The molecule has 0 radical (unpaired) electrons. The van der Waals surface area contributed by atoms with Crippen molar-refractivity contribution in [3.05, 3.63) is 28.5 Å². The van der Waals surface area contributed by atoms with E-state index in [1.807, 2.05) is 18.2 Å². The van der Waals surface area contributed by atoms with Gasteiger partial charge in [0.15, 0.2) is 9.84 Å². The number of pyridine rings is 1. The highest BCUT2D eigenvalue weighted by atomic mass is 79.9. The van der Waals surface area contributed by atoms with Gasteiger partial charge >= 0.3 is 0 Å². The highest BCUT2D eigenvalue weighted by Crippen LogP contribution is 2.11. The molecule has 1 aliphatic rings. The highest BCUT2D eigenvalue weighted by molar-refractivity contribution is 9.10. The summed E-state index contributed by atoms with van der Waals surface area (Å²) in [5.74, 6) is 0.530. The standard InChI is InChI=1S/C10H13BrN2O2S/c11-10-3-1-2-9(12-10)8-13-4-6-16(14,15)7-5-13/h1-3H,4-8H2. The summed E-state index contributed by atoms with van der Waals surface area (Å²) in [4.78, 5) is 6.45. The van der Waals surface area contributed by atoms with Crippen LogP contribution in [0, 0.1) is 0 Å². The van der Waals surface area contributed by atoms with Crippen molar-refractivity contribution in [2.75, 3.05) is 24.6 Å². The first kappa shape index (κ1) is 12.0. The molecule has 1 fully saturated rings. The Morgan fingerprint density at radius 2 is 2.00 bits per heavy atom. The lowest BCUT2D eigenvalue weighted by molar-refractivity contribution is 0.284. The van der Waals surface area contributed by atoms with Crippen molar-refractivity contribution in [1.82, 2.24) is 9.88 Å². The third-order valence-electron chi connectivity index (χ3n) is 2.60. The molecule has 2 rings (SSSR count). The van der Waals surface area contributed by atoms with Gasteiger partial charge in [-0.05, 0) is 28.1 Å². The number of nitrogens with zero attached hydrogens (tertiary/aromatic N) is 2. The number of halogens is 1. The third kappa shape index (κ3) is 3.26. The van der Waals surface area contributed by atoms with Crippen LogP contribution in [-0.4, -0.2) is 42.9 Å². The molecule has 0 spiro atoms. The fourth-order valence-corrected chi connectivity index (χ4v) is 3.33. The molecule has 0 amide bonds. The van der Waals surface area contributed by atoms with E-state index in [2.05, 4.69) is 25.8 Å². The summed E-state index contributed by atoms with van der Waals surface area (Å²) in [7, 11) is -2.79. The largest absolute Gasteiger partial charge is 0.295 e. The van der Waals surface area contributed by atoms with E-state index in [0.717, 1.165) is 16.8 Å². The first-order chi connectivity index (χ1) is 7.55. The topological polar surface area (TPSA) is 50.3 Å². The van der Waals surface area contributed by atoms with Gasteiger partial charge < -0.3 is 0 Å². The third-order valence-corrected chi connectivity index (χ3v) is 4.65. The van der Waals surface area contributed by atoms with Crippen molar-refractivity contribution in [1.29, 1.82) is 0 Å². The molecule has 16 heavy (non-hydrogen) atoms. The maximum Gasteiger partial charge on any atom is 0.152 e. The average Bonchev–Trinajstić information content (AvgIpc) is 2.21. The van der Waals surface area contributed by atoms with Gasteiger partial charge in [0, 0.05) is 19.6 Å². The van der Waals surface area contributed by atoms with Crippen LogP contribution in [0.3, 0.4) is 0 Å². The molecule has 88 valence electrons.